The molecule has 0 bridgehead atoms. The number of hydrogen-bond acceptors (Lipinski definition) is 6. The quantitative estimate of drug-likeness (QED) is 0.0615. The smallest absolute Gasteiger partial charge is 0.307 e. The lowest BCUT2D eigenvalue weighted by Crippen LogP contribution is -2.50. The zero-order valence-electron chi connectivity index (χ0n) is 31.4. The molecule has 2 unspecified atom stereocenters. The molecule has 46 heavy (non-hydrogen) atoms. The van der Waals surface area contributed by atoms with E-state index in [9.17, 15) is 9.59 Å². The third-order valence-electron chi connectivity index (χ3n) is 10.2. The zero-order chi connectivity index (χ0) is 33.9. The number of nitrogens with zero attached hydrogens (tertiary/aromatic N) is 1. The Kier molecular flexibility index (Phi) is 25.0. The molecule has 1 rings (SSSR count). The summed E-state index contributed by atoms with van der Waals surface area (Å²) in [5, 5.41) is 0. The molecule has 0 aromatic carbocycles. The highest BCUT2D eigenvalue weighted by atomic mass is 16.5. The Bertz CT molecular complexity index is 716. The minimum absolute atomic E-state index is 0.0662. The lowest BCUT2D eigenvalue weighted by atomic mass is 9.62. The first-order valence-electron chi connectivity index (χ1n) is 19.9. The van der Waals surface area contributed by atoms with Crippen molar-refractivity contribution in [1.82, 2.24) is 4.90 Å². The van der Waals surface area contributed by atoms with Gasteiger partial charge in [0.05, 0.1) is 26.1 Å². The van der Waals surface area contributed by atoms with Crippen molar-refractivity contribution in [2.75, 3.05) is 32.8 Å². The van der Waals surface area contributed by atoms with Gasteiger partial charge in [-0.3, -0.25) is 14.5 Å². The van der Waals surface area contributed by atoms with Crippen molar-refractivity contribution >= 4 is 11.9 Å². The van der Waals surface area contributed by atoms with Gasteiger partial charge < -0.3 is 15.2 Å². The van der Waals surface area contributed by atoms with Crippen molar-refractivity contribution < 1.29 is 19.1 Å². The van der Waals surface area contributed by atoms with Crippen LogP contribution in [0.4, 0.5) is 0 Å². The number of hydrogen-bond donors (Lipinski definition) is 1. The first-order valence-corrected chi connectivity index (χ1v) is 19.9. The normalized spacial score (nSPS) is 19.4. The maximum Gasteiger partial charge on any atom is 0.307 e. The molecule has 6 heteroatoms. The van der Waals surface area contributed by atoms with E-state index < -0.39 is 0 Å². The Labute approximate surface area is 286 Å². The molecule has 0 radical (unpaired) electrons. The molecule has 0 spiro atoms. The van der Waals surface area contributed by atoms with Crippen LogP contribution in [0.15, 0.2) is 0 Å². The highest BCUT2D eigenvalue weighted by Crippen LogP contribution is 2.47. The van der Waals surface area contributed by atoms with Crippen molar-refractivity contribution in [3.63, 3.8) is 0 Å². The Hall–Kier alpha value is -1.14. The SMILES string of the molecule is CCCCCCCCCCCCOC(=O)CCN(CCC(=O)OCCCCCCCCCCCC)C1CC(C)(C)CC(C)(CN)C1. The van der Waals surface area contributed by atoms with Gasteiger partial charge in [-0.2, -0.15) is 0 Å². The van der Waals surface area contributed by atoms with Gasteiger partial charge in [0.1, 0.15) is 0 Å². The summed E-state index contributed by atoms with van der Waals surface area (Å²) in [4.78, 5) is 27.8. The van der Waals surface area contributed by atoms with E-state index in [2.05, 4.69) is 39.5 Å². The molecule has 272 valence electrons. The predicted molar refractivity (Wildman–Crippen MR) is 195 cm³/mol. The number of carbonyl (C=O) groups excluding carboxylic acids is 2. The summed E-state index contributed by atoms with van der Waals surface area (Å²) in [5.41, 5.74) is 6.49. The van der Waals surface area contributed by atoms with Gasteiger partial charge in [-0.05, 0) is 49.5 Å². The summed E-state index contributed by atoms with van der Waals surface area (Å²) < 4.78 is 11.3. The molecule has 0 amide bonds. The highest BCUT2D eigenvalue weighted by Gasteiger charge is 2.42. The molecule has 0 aromatic heterocycles. The molecule has 0 aromatic rings. The van der Waals surface area contributed by atoms with Crippen LogP contribution in [0.2, 0.25) is 0 Å². The van der Waals surface area contributed by atoms with Crippen molar-refractivity contribution in [3.05, 3.63) is 0 Å². The number of carbonyl (C=O) groups is 2. The maximum atomic E-state index is 12.7. The van der Waals surface area contributed by atoms with E-state index in [0.29, 0.717) is 51.7 Å². The average molecular weight is 651 g/mol. The Balaban J connectivity index is 2.40. The topological polar surface area (TPSA) is 81.9 Å². The summed E-state index contributed by atoms with van der Waals surface area (Å²) in [7, 11) is 0. The summed E-state index contributed by atoms with van der Waals surface area (Å²) >= 11 is 0. The van der Waals surface area contributed by atoms with E-state index >= 15 is 0 Å². The number of rotatable bonds is 30. The molecule has 1 fully saturated rings. The summed E-state index contributed by atoms with van der Waals surface area (Å²) in [5.74, 6) is -0.248. The third-order valence-corrected chi connectivity index (χ3v) is 10.2. The fourth-order valence-corrected chi connectivity index (χ4v) is 7.63. The van der Waals surface area contributed by atoms with Gasteiger partial charge in [0.15, 0.2) is 0 Å². The lowest BCUT2D eigenvalue weighted by Gasteiger charge is -2.49. The number of unbranched alkanes of at least 4 members (excludes halogenated alkanes) is 18. The Morgan fingerprint density at radius 1 is 0.609 bits per heavy atom. The monoisotopic (exact) mass is 651 g/mol. The summed E-state index contributed by atoms with van der Waals surface area (Å²) in [6.07, 6.45) is 29.2. The first kappa shape index (κ1) is 42.9. The molecular weight excluding hydrogens is 572 g/mol. The van der Waals surface area contributed by atoms with Crippen LogP contribution < -0.4 is 5.73 Å². The van der Waals surface area contributed by atoms with Crippen LogP contribution >= 0.6 is 0 Å². The van der Waals surface area contributed by atoms with Crippen LogP contribution in [0.25, 0.3) is 0 Å². The fourth-order valence-electron chi connectivity index (χ4n) is 7.63. The minimum atomic E-state index is -0.124. The minimum Gasteiger partial charge on any atom is -0.466 e. The van der Waals surface area contributed by atoms with E-state index in [-0.39, 0.29) is 22.8 Å². The molecular formula is C40H78N2O4. The Morgan fingerprint density at radius 2 is 0.978 bits per heavy atom. The van der Waals surface area contributed by atoms with Crippen LogP contribution in [0.5, 0.6) is 0 Å². The van der Waals surface area contributed by atoms with Gasteiger partial charge in [0.25, 0.3) is 0 Å². The second-order valence-corrected chi connectivity index (χ2v) is 15.8. The lowest BCUT2D eigenvalue weighted by molar-refractivity contribution is -0.144. The van der Waals surface area contributed by atoms with E-state index in [1.54, 1.807) is 0 Å². The van der Waals surface area contributed by atoms with Crippen LogP contribution in [0.1, 0.15) is 195 Å². The van der Waals surface area contributed by atoms with Gasteiger partial charge in [-0.1, -0.05) is 150 Å². The average Bonchev–Trinajstić information content (AvgIpc) is 3.01. The van der Waals surface area contributed by atoms with Crippen molar-refractivity contribution in [1.29, 1.82) is 0 Å². The van der Waals surface area contributed by atoms with Crippen LogP contribution in [-0.4, -0.2) is 55.7 Å². The summed E-state index contributed by atoms with van der Waals surface area (Å²) in [6.45, 7) is 14.4. The molecule has 1 aliphatic carbocycles. The molecule has 1 saturated carbocycles. The molecule has 0 saturated heterocycles. The van der Waals surface area contributed by atoms with Crippen molar-refractivity contribution in [2.45, 2.75) is 201 Å². The predicted octanol–water partition coefficient (Wildman–Crippen LogP) is 10.5. The fraction of sp³-hybridized carbons (Fsp3) is 0.950. The first-order chi connectivity index (χ1) is 22.1. The van der Waals surface area contributed by atoms with Crippen molar-refractivity contribution in [3.8, 4) is 0 Å². The second kappa shape index (κ2) is 26.8. The van der Waals surface area contributed by atoms with Gasteiger partial charge in [-0.15, -0.1) is 0 Å². The van der Waals surface area contributed by atoms with Crippen LogP contribution in [0.3, 0.4) is 0 Å². The molecule has 6 nitrogen and oxygen atoms in total. The Morgan fingerprint density at radius 3 is 1.35 bits per heavy atom. The van der Waals surface area contributed by atoms with Crippen molar-refractivity contribution in [2.24, 2.45) is 16.6 Å². The van der Waals surface area contributed by atoms with E-state index in [0.717, 1.165) is 44.9 Å². The molecule has 2 atom stereocenters. The molecule has 0 aliphatic heterocycles. The third kappa shape index (κ3) is 22.4. The number of nitrogens with two attached hydrogens (primary N) is 1. The maximum absolute atomic E-state index is 12.7. The van der Waals surface area contributed by atoms with Crippen LogP contribution in [0, 0.1) is 10.8 Å². The standard InChI is InChI=1S/C40H78N2O4/c1-6-8-10-12-14-16-18-20-22-24-30-45-37(43)26-28-42(36-32-39(3,4)34-40(5,33-36)35-41)29-27-38(44)46-31-25-23-21-19-17-15-13-11-9-7-2/h36H,6-35,41H2,1-5H3. The van der Waals surface area contributed by atoms with Gasteiger partial charge >= 0.3 is 11.9 Å². The molecule has 1 aliphatic rings. The molecule has 2 N–H and O–H groups in total. The van der Waals surface area contributed by atoms with Gasteiger partial charge in [-0.25, -0.2) is 0 Å². The van der Waals surface area contributed by atoms with E-state index in [4.69, 9.17) is 15.2 Å². The summed E-state index contributed by atoms with van der Waals surface area (Å²) in [6, 6.07) is 0.293. The number of esters is 2. The van der Waals surface area contributed by atoms with E-state index in [1.807, 2.05) is 0 Å². The van der Waals surface area contributed by atoms with E-state index in [1.165, 1.54) is 103 Å². The zero-order valence-corrected chi connectivity index (χ0v) is 31.4. The number of ether oxygens (including phenoxy) is 2. The molecule has 0 heterocycles. The van der Waals surface area contributed by atoms with Gasteiger partial charge in [0.2, 0.25) is 0 Å². The van der Waals surface area contributed by atoms with Gasteiger partial charge in [0, 0.05) is 19.1 Å². The largest absolute Gasteiger partial charge is 0.466 e. The van der Waals surface area contributed by atoms with Crippen LogP contribution in [-0.2, 0) is 19.1 Å². The second-order valence-electron chi connectivity index (χ2n) is 15.8. The highest BCUT2D eigenvalue weighted by molar-refractivity contribution is 5.70.